The van der Waals surface area contributed by atoms with Gasteiger partial charge in [0, 0.05) is 12.2 Å². The molecule has 1 aliphatic rings. The molecule has 0 atom stereocenters. The van der Waals surface area contributed by atoms with Crippen LogP contribution in [0.15, 0.2) is 24.3 Å². The Morgan fingerprint density at radius 3 is 2.40 bits per heavy atom. The normalized spacial score (nSPS) is 17.9. The van der Waals surface area contributed by atoms with E-state index in [2.05, 4.69) is 5.32 Å². The summed E-state index contributed by atoms with van der Waals surface area (Å²) < 4.78 is 38.5. The predicted octanol–water partition coefficient (Wildman–Crippen LogP) is 3.76. The number of carbonyl (C=O) groups is 1. The lowest BCUT2D eigenvalue weighted by molar-refractivity contribution is -0.147. The summed E-state index contributed by atoms with van der Waals surface area (Å²) in [5, 5.41) is 12.0. The van der Waals surface area contributed by atoms with E-state index in [1.807, 2.05) is 0 Å². The largest absolute Gasteiger partial charge is 0.481 e. The molecule has 3 nitrogen and oxygen atoms in total. The average molecular weight is 287 g/mol. The Morgan fingerprint density at radius 1 is 1.25 bits per heavy atom. The lowest BCUT2D eigenvalue weighted by Crippen LogP contribution is -2.35. The summed E-state index contributed by atoms with van der Waals surface area (Å²) in [7, 11) is 0. The van der Waals surface area contributed by atoms with Crippen molar-refractivity contribution in [1.82, 2.24) is 0 Å². The zero-order chi connectivity index (χ0) is 14.8. The van der Waals surface area contributed by atoms with E-state index in [-0.39, 0.29) is 12.2 Å². The summed E-state index contributed by atoms with van der Waals surface area (Å²) in [6.45, 7) is 0.0232. The number of halogens is 3. The van der Waals surface area contributed by atoms with Crippen LogP contribution in [0.4, 0.5) is 18.9 Å². The van der Waals surface area contributed by atoms with Crippen LogP contribution in [0, 0.1) is 5.41 Å². The molecule has 0 heterocycles. The van der Waals surface area contributed by atoms with E-state index in [1.165, 1.54) is 18.2 Å². The molecular weight excluding hydrogens is 271 g/mol. The number of alkyl halides is 3. The Hall–Kier alpha value is -1.72. The molecule has 0 unspecified atom stereocenters. The molecule has 0 spiro atoms. The second-order valence-corrected chi connectivity index (χ2v) is 5.19. The van der Waals surface area contributed by atoms with Gasteiger partial charge in [-0.2, -0.15) is 13.2 Å². The van der Waals surface area contributed by atoms with Crippen LogP contribution >= 0.6 is 0 Å². The number of rotatable bonds is 4. The van der Waals surface area contributed by atoms with Gasteiger partial charge in [0.25, 0.3) is 0 Å². The van der Waals surface area contributed by atoms with Gasteiger partial charge in [-0.1, -0.05) is 25.0 Å². The van der Waals surface area contributed by atoms with Gasteiger partial charge in [-0.05, 0) is 25.0 Å². The van der Waals surface area contributed by atoms with Crippen molar-refractivity contribution in [2.75, 3.05) is 11.9 Å². The van der Waals surface area contributed by atoms with Crippen molar-refractivity contribution >= 4 is 11.7 Å². The first kappa shape index (κ1) is 14.7. The highest BCUT2D eigenvalue weighted by molar-refractivity contribution is 5.76. The van der Waals surface area contributed by atoms with Crippen LogP contribution in [0.3, 0.4) is 0 Å². The van der Waals surface area contributed by atoms with E-state index in [0.29, 0.717) is 12.8 Å². The molecule has 1 aliphatic carbocycles. The van der Waals surface area contributed by atoms with Gasteiger partial charge < -0.3 is 10.4 Å². The third-order valence-corrected chi connectivity index (χ3v) is 3.86. The van der Waals surface area contributed by atoms with Gasteiger partial charge in [0.2, 0.25) is 0 Å². The molecule has 0 bridgehead atoms. The fourth-order valence-corrected chi connectivity index (χ4v) is 2.67. The van der Waals surface area contributed by atoms with Gasteiger partial charge in [-0.25, -0.2) is 0 Å². The van der Waals surface area contributed by atoms with E-state index in [1.54, 1.807) is 0 Å². The van der Waals surface area contributed by atoms with Crippen molar-refractivity contribution in [3.63, 3.8) is 0 Å². The molecule has 1 saturated carbocycles. The molecule has 0 aliphatic heterocycles. The standard InChI is InChI=1S/C14H16F3NO2/c15-14(16,17)10-5-1-2-6-11(10)18-9-13(12(19)20)7-3-4-8-13/h1-2,5-6,18H,3-4,7-9H2,(H,19,20). The summed E-state index contributed by atoms with van der Waals surface area (Å²) in [4.78, 5) is 11.4. The van der Waals surface area contributed by atoms with Crippen molar-refractivity contribution in [2.45, 2.75) is 31.9 Å². The number of anilines is 1. The molecule has 0 aromatic heterocycles. The highest BCUT2D eigenvalue weighted by Gasteiger charge is 2.41. The van der Waals surface area contributed by atoms with Crippen molar-refractivity contribution in [2.24, 2.45) is 5.41 Å². The van der Waals surface area contributed by atoms with Crippen LogP contribution in [0.2, 0.25) is 0 Å². The fraction of sp³-hybridized carbons (Fsp3) is 0.500. The highest BCUT2D eigenvalue weighted by Crippen LogP contribution is 2.40. The number of nitrogens with one attached hydrogen (secondary N) is 1. The van der Waals surface area contributed by atoms with Crippen molar-refractivity contribution in [3.05, 3.63) is 29.8 Å². The summed E-state index contributed by atoms with van der Waals surface area (Å²) >= 11 is 0. The van der Waals surface area contributed by atoms with Gasteiger partial charge in [-0.3, -0.25) is 4.79 Å². The van der Waals surface area contributed by atoms with Gasteiger partial charge in [0.05, 0.1) is 11.0 Å². The number of benzene rings is 1. The third kappa shape index (κ3) is 2.89. The average Bonchev–Trinajstić information content (AvgIpc) is 2.86. The van der Waals surface area contributed by atoms with E-state index in [9.17, 15) is 23.1 Å². The molecule has 1 aromatic rings. The Bertz CT molecular complexity index is 493. The zero-order valence-corrected chi connectivity index (χ0v) is 10.8. The molecule has 110 valence electrons. The van der Waals surface area contributed by atoms with Gasteiger partial charge in [0.1, 0.15) is 0 Å². The lowest BCUT2D eigenvalue weighted by Gasteiger charge is -2.25. The van der Waals surface area contributed by atoms with Gasteiger partial charge >= 0.3 is 12.1 Å². The molecule has 20 heavy (non-hydrogen) atoms. The molecule has 6 heteroatoms. The molecule has 0 saturated heterocycles. The first-order valence-corrected chi connectivity index (χ1v) is 6.49. The van der Waals surface area contributed by atoms with Crippen LogP contribution in [0.5, 0.6) is 0 Å². The molecule has 0 radical (unpaired) electrons. The quantitative estimate of drug-likeness (QED) is 0.886. The highest BCUT2D eigenvalue weighted by atomic mass is 19.4. The second-order valence-electron chi connectivity index (χ2n) is 5.19. The van der Waals surface area contributed by atoms with Crippen LogP contribution < -0.4 is 5.32 Å². The molecule has 0 amide bonds. The molecule has 2 rings (SSSR count). The monoisotopic (exact) mass is 287 g/mol. The Morgan fingerprint density at radius 2 is 1.85 bits per heavy atom. The summed E-state index contributed by atoms with van der Waals surface area (Å²) in [6, 6.07) is 5.13. The van der Waals surface area contributed by atoms with Crippen molar-refractivity contribution in [1.29, 1.82) is 0 Å². The Balaban J connectivity index is 2.17. The Labute approximate surface area is 114 Å². The minimum Gasteiger partial charge on any atom is -0.481 e. The number of hydrogen-bond acceptors (Lipinski definition) is 2. The van der Waals surface area contributed by atoms with Crippen LogP contribution in [-0.2, 0) is 11.0 Å². The lowest BCUT2D eigenvalue weighted by atomic mass is 9.86. The third-order valence-electron chi connectivity index (χ3n) is 3.86. The van der Waals surface area contributed by atoms with Crippen LogP contribution in [0.1, 0.15) is 31.2 Å². The number of carboxylic acids is 1. The number of hydrogen-bond donors (Lipinski definition) is 2. The summed E-state index contributed by atoms with van der Waals surface area (Å²) in [5.41, 5.74) is -1.77. The van der Waals surface area contributed by atoms with Crippen molar-refractivity contribution in [3.8, 4) is 0 Å². The maximum absolute atomic E-state index is 12.8. The van der Waals surface area contributed by atoms with E-state index in [0.717, 1.165) is 18.9 Å². The molecule has 1 fully saturated rings. The van der Waals surface area contributed by atoms with Crippen LogP contribution in [-0.4, -0.2) is 17.6 Å². The number of aliphatic carboxylic acids is 1. The molecule has 2 N–H and O–H groups in total. The topological polar surface area (TPSA) is 49.3 Å². The van der Waals surface area contributed by atoms with Gasteiger partial charge in [-0.15, -0.1) is 0 Å². The first-order valence-electron chi connectivity index (χ1n) is 6.49. The smallest absolute Gasteiger partial charge is 0.418 e. The predicted molar refractivity (Wildman–Crippen MR) is 68.5 cm³/mol. The number of para-hydroxylation sites is 1. The van der Waals surface area contributed by atoms with E-state index >= 15 is 0 Å². The minimum atomic E-state index is -4.45. The van der Waals surface area contributed by atoms with Crippen LogP contribution in [0.25, 0.3) is 0 Å². The van der Waals surface area contributed by atoms with Gasteiger partial charge in [0.15, 0.2) is 0 Å². The fourth-order valence-electron chi connectivity index (χ4n) is 2.67. The summed E-state index contributed by atoms with van der Waals surface area (Å²) in [5.74, 6) is -0.938. The SMILES string of the molecule is O=C(O)C1(CNc2ccccc2C(F)(F)F)CCCC1. The summed E-state index contributed by atoms with van der Waals surface area (Å²) in [6.07, 6.45) is -1.84. The van der Waals surface area contributed by atoms with E-state index in [4.69, 9.17) is 0 Å². The maximum atomic E-state index is 12.8. The maximum Gasteiger partial charge on any atom is 0.418 e. The Kier molecular flexibility index (Phi) is 3.92. The zero-order valence-electron chi connectivity index (χ0n) is 10.8. The minimum absolute atomic E-state index is 0.0232. The van der Waals surface area contributed by atoms with Crippen molar-refractivity contribution < 1.29 is 23.1 Å². The molecular formula is C14H16F3NO2. The second kappa shape index (κ2) is 5.34. The number of carboxylic acid groups (broad SMARTS) is 1. The first-order chi connectivity index (χ1) is 9.35. The van der Waals surface area contributed by atoms with E-state index < -0.39 is 23.1 Å². The molecule has 1 aromatic carbocycles.